The van der Waals surface area contributed by atoms with E-state index in [1.807, 2.05) is 0 Å². The Bertz CT molecular complexity index is 590. The quantitative estimate of drug-likeness (QED) is 0.927. The highest BCUT2D eigenvalue weighted by molar-refractivity contribution is 7.99. The number of aromatic nitrogens is 2. The highest BCUT2D eigenvalue weighted by Gasteiger charge is 2.28. The molecule has 1 aliphatic carbocycles. The van der Waals surface area contributed by atoms with Crippen molar-refractivity contribution in [1.29, 1.82) is 0 Å². The third kappa shape index (κ3) is 2.34. The largest absolute Gasteiger partial charge is 0.369 e. The zero-order valence-electron chi connectivity index (χ0n) is 11.6. The number of imidazole rings is 1. The fourth-order valence-electron chi connectivity index (χ4n) is 3.14. The first-order chi connectivity index (χ1) is 9.19. The molecule has 3 rings (SSSR count). The normalized spacial score (nSPS) is 23.3. The number of fused-ring (bicyclic) bond motifs is 1. The molecule has 0 bridgehead atoms. The molecule has 1 saturated carbocycles. The smallest absolute Gasteiger partial charge is 0.201 e. The Morgan fingerprint density at radius 2 is 2.26 bits per heavy atom. The van der Waals surface area contributed by atoms with Gasteiger partial charge >= 0.3 is 0 Å². The van der Waals surface area contributed by atoms with Gasteiger partial charge in [0, 0.05) is 11.3 Å². The Labute approximate surface area is 118 Å². The number of anilines is 1. The van der Waals surface area contributed by atoms with Crippen molar-refractivity contribution in [3.63, 3.8) is 0 Å². The highest BCUT2D eigenvalue weighted by Crippen LogP contribution is 2.39. The van der Waals surface area contributed by atoms with E-state index in [9.17, 15) is 0 Å². The third-order valence-electron chi connectivity index (χ3n) is 4.00. The van der Waals surface area contributed by atoms with Crippen LogP contribution in [-0.2, 0) is 0 Å². The summed E-state index contributed by atoms with van der Waals surface area (Å²) in [4.78, 5) is 4.50. The molecule has 0 spiro atoms. The molecule has 4 heteroatoms. The number of hydrogen-bond donors (Lipinski definition) is 1. The first-order valence-corrected chi connectivity index (χ1v) is 8.09. The molecule has 0 saturated heterocycles. The number of nitrogens with two attached hydrogens (primary N) is 1. The van der Waals surface area contributed by atoms with Crippen LogP contribution in [0.4, 0.5) is 5.95 Å². The predicted octanol–water partition coefficient (Wildman–Crippen LogP) is 3.77. The SMILES string of the molecule is CCSC1CCC(n2c(N)nc3ccc(C)cc32)C1. The van der Waals surface area contributed by atoms with Gasteiger partial charge < -0.3 is 10.3 Å². The average Bonchev–Trinajstić information content (AvgIpc) is 2.93. The summed E-state index contributed by atoms with van der Waals surface area (Å²) >= 11 is 2.08. The lowest BCUT2D eigenvalue weighted by Crippen LogP contribution is -2.09. The lowest BCUT2D eigenvalue weighted by Gasteiger charge is -2.15. The first kappa shape index (κ1) is 12.9. The zero-order valence-corrected chi connectivity index (χ0v) is 12.4. The molecule has 1 aromatic heterocycles. The van der Waals surface area contributed by atoms with E-state index >= 15 is 0 Å². The summed E-state index contributed by atoms with van der Waals surface area (Å²) in [5, 5.41) is 0.789. The molecule has 2 atom stereocenters. The summed E-state index contributed by atoms with van der Waals surface area (Å²) in [5.74, 6) is 1.88. The van der Waals surface area contributed by atoms with Crippen molar-refractivity contribution in [2.24, 2.45) is 0 Å². The van der Waals surface area contributed by atoms with E-state index < -0.39 is 0 Å². The van der Waals surface area contributed by atoms with Crippen LogP contribution in [0.1, 0.15) is 37.8 Å². The number of hydrogen-bond acceptors (Lipinski definition) is 3. The number of benzene rings is 1. The Balaban J connectivity index is 1.96. The molecule has 2 N–H and O–H groups in total. The zero-order chi connectivity index (χ0) is 13.4. The maximum absolute atomic E-state index is 6.15. The molecule has 1 aliphatic rings. The summed E-state index contributed by atoms with van der Waals surface area (Å²) in [6.45, 7) is 4.36. The van der Waals surface area contributed by atoms with E-state index in [1.165, 1.54) is 36.1 Å². The van der Waals surface area contributed by atoms with Gasteiger partial charge in [0.2, 0.25) is 5.95 Å². The van der Waals surface area contributed by atoms with Crippen molar-refractivity contribution >= 4 is 28.7 Å². The Morgan fingerprint density at radius 3 is 3.05 bits per heavy atom. The van der Waals surface area contributed by atoms with Crippen LogP contribution in [0.2, 0.25) is 0 Å². The molecule has 1 heterocycles. The Morgan fingerprint density at radius 1 is 1.42 bits per heavy atom. The third-order valence-corrected chi connectivity index (χ3v) is 5.23. The van der Waals surface area contributed by atoms with Crippen LogP contribution < -0.4 is 5.73 Å². The number of rotatable bonds is 3. The average molecular weight is 275 g/mol. The van der Waals surface area contributed by atoms with Gasteiger partial charge in [0.25, 0.3) is 0 Å². The van der Waals surface area contributed by atoms with Crippen molar-refractivity contribution in [3.8, 4) is 0 Å². The first-order valence-electron chi connectivity index (χ1n) is 7.04. The van der Waals surface area contributed by atoms with E-state index in [-0.39, 0.29) is 0 Å². The maximum Gasteiger partial charge on any atom is 0.201 e. The molecule has 2 unspecified atom stereocenters. The molecule has 0 radical (unpaired) electrons. The van der Waals surface area contributed by atoms with Gasteiger partial charge in [0.05, 0.1) is 11.0 Å². The summed E-state index contributed by atoms with van der Waals surface area (Å²) in [5.41, 5.74) is 9.64. The monoisotopic (exact) mass is 275 g/mol. The second-order valence-electron chi connectivity index (χ2n) is 5.38. The Hall–Kier alpha value is -1.16. The fraction of sp³-hybridized carbons (Fsp3) is 0.533. The Kier molecular flexibility index (Phi) is 3.44. The molecule has 102 valence electrons. The molecule has 3 nitrogen and oxygen atoms in total. The fourth-order valence-corrected chi connectivity index (χ4v) is 4.28. The van der Waals surface area contributed by atoms with E-state index in [0.717, 1.165) is 10.8 Å². The van der Waals surface area contributed by atoms with Gasteiger partial charge in [-0.2, -0.15) is 11.8 Å². The molecule has 0 aliphatic heterocycles. The molecular weight excluding hydrogens is 254 g/mol. The molecule has 1 aromatic carbocycles. The maximum atomic E-state index is 6.15. The van der Waals surface area contributed by atoms with Gasteiger partial charge in [-0.15, -0.1) is 0 Å². The van der Waals surface area contributed by atoms with Gasteiger partial charge in [-0.25, -0.2) is 4.98 Å². The van der Waals surface area contributed by atoms with E-state index in [4.69, 9.17) is 5.73 Å². The molecule has 0 amide bonds. The van der Waals surface area contributed by atoms with Crippen LogP contribution in [0, 0.1) is 6.92 Å². The van der Waals surface area contributed by atoms with Crippen molar-refractivity contribution < 1.29 is 0 Å². The van der Waals surface area contributed by atoms with Gasteiger partial charge in [0.1, 0.15) is 0 Å². The summed E-state index contributed by atoms with van der Waals surface area (Å²) in [6, 6.07) is 6.91. The van der Waals surface area contributed by atoms with Crippen LogP contribution in [0.25, 0.3) is 11.0 Å². The van der Waals surface area contributed by atoms with E-state index in [2.05, 4.69) is 53.4 Å². The minimum absolute atomic E-state index is 0.524. The number of nitrogen functional groups attached to an aromatic ring is 1. The molecule has 2 aromatic rings. The second-order valence-corrected chi connectivity index (χ2v) is 6.95. The minimum Gasteiger partial charge on any atom is -0.369 e. The minimum atomic E-state index is 0.524. The van der Waals surface area contributed by atoms with Crippen molar-refractivity contribution in [3.05, 3.63) is 23.8 Å². The number of aryl methyl sites for hydroxylation is 1. The molecular formula is C15H21N3S. The van der Waals surface area contributed by atoms with Crippen molar-refractivity contribution in [2.75, 3.05) is 11.5 Å². The van der Waals surface area contributed by atoms with E-state index in [0.29, 0.717) is 12.0 Å². The van der Waals surface area contributed by atoms with E-state index in [1.54, 1.807) is 0 Å². The van der Waals surface area contributed by atoms with Gasteiger partial charge in [0.15, 0.2) is 0 Å². The van der Waals surface area contributed by atoms with Gasteiger partial charge in [-0.1, -0.05) is 13.0 Å². The van der Waals surface area contributed by atoms with Crippen LogP contribution in [0.15, 0.2) is 18.2 Å². The standard InChI is InChI=1S/C15H21N3S/c1-3-19-12-6-5-11(9-12)18-14-8-10(2)4-7-13(14)17-15(18)16/h4,7-8,11-12H,3,5-6,9H2,1-2H3,(H2,16,17). The van der Waals surface area contributed by atoms with Crippen LogP contribution >= 0.6 is 11.8 Å². The highest BCUT2D eigenvalue weighted by atomic mass is 32.2. The van der Waals surface area contributed by atoms with Crippen molar-refractivity contribution in [2.45, 2.75) is 44.4 Å². The summed E-state index contributed by atoms with van der Waals surface area (Å²) in [6.07, 6.45) is 3.75. The lowest BCUT2D eigenvalue weighted by atomic mass is 10.2. The summed E-state index contributed by atoms with van der Waals surface area (Å²) < 4.78 is 2.26. The number of thioether (sulfide) groups is 1. The molecule has 1 fully saturated rings. The van der Waals surface area contributed by atoms with Gasteiger partial charge in [-0.05, 0) is 49.6 Å². The second kappa shape index (κ2) is 5.08. The number of nitrogens with zero attached hydrogens (tertiary/aromatic N) is 2. The summed E-state index contributed by atoms with van der Waals surface area (Å²) in [7, 11) is 0. The van der Waals surface area contributed by atoms with Crippen LogP contribution in [0.5, 0.6) is 0 Å². The van der Waals surface area contributed by atoms with Crippen LogP contribution in [0.3, 0.4) is 0 Å². The van der Waals surface area contributed by atoms with Crippen molar-refractivity contribution in [1.82, 2.24) is 9.55 Å². The van der Waals surface area contributed by atoms with Gasteiger partial charge in [-0.3, -0.25) is 0 Å². The molecule has 19 heavy (non-hydrogen) atoms. The predicted molar refractivity (Wildman–Crippen MR) is 83.7 cm³/mol. The van der Waals surface area contributed by atoms with Crippen LogP contribution in [-0.4, -0.2) is 20.6 Å². The lowest BCUT2D eigenvalue weighted by molar-refractivity contribution is 0.540. The topological polar surface area (TPSA) is 43.8 Å².